The van der Waals surface area contributed by atoms with Crippen LogP contribution in [0.25, 0.3) is 6.08 Å². The van der Waals surface area contributed by atoms with Crippen molar-refractivity contribution < 1.29 is 9.53 Å². The van der Waals surface area contributed by atoms with Crippen LogP contribution in [0, 0.1) is 25.2 Å². The summed E-state index contributed by atoms with van der Waals surface area (Å²) in [6.45, 7) is 6.82. The van der Waals surface area contributed by atoms with E-state index in [1.165, 1.54) is 19.3 Å². The molecule has 0 spiro atoms. The van der Waals surface area contributed by atoms with Crippen LogP contribution in [0.4, 0.5) is 5.69 Å². The van der Waals surface area contributed by atoms with Crippen molar-refractivity contribution in [3.63, 3.8) is 0 Å². The molecule has 1 N–H and O–H groups in total. The topological polar surface area (TPSA) is 62.1 Å². The van der Waals surface area contributed by atoms with Crippen molar-refractivity contribution in [2.45, 2.75) is 46.5 Å². The number of nitrogens with one attached hydrogen (secondary N) is 1. The third-order valence-electron chi connectivity index (χ3n) is 4.68. The van der Waals surface area contributed by atoms with Crippen LogP contribution in [0.5, 0.6) is 5.75 Å². The zero-order valence-corrected chi connectivity index (χ0v) is 16.9. The van der Waals surface area contributed by atoms with Gasteiger partial charge in [-0.15, -0.1) is 0 Å². The molecule has 2 rings (SSSR count). The predicted octanol–water partition coefficient (Wildman–Crippen LogP) is 5.81. The Hall–Kier alpha value is -3.06. The summed E-state index contributed by atoms with van der Waals surface area (Å²) in [5.41, 5.74) is 3.65. The molecule has 4 heteroatoms. The van der Waals surface area contributed by atoms with E-state index >= 15 is 0 Å². The molecule has 0 saturated heterocycles. The molecule has 146 valence electrons. The third kappa shape index (κ3) is 6.28. The quantitative estimate of drug-likeness (QED) is 0.341. The van der Waals surface area contributed by atoms with E-state index < -0.39 is 5.91 Å². The molecule has 0 aliphatic heterocycles. The Labute approximate surface area is 167 Å². The fraction of sp³-hybridized carbons (Fsp3) is 0.333. The second-order valence-corrected chi connectivity index (χ2v) is 6.85. The van der Waals surface area contributed by atoms with Gasteiger partial charge in [0.1, 0.15) is 17.4 Å². The van der Waals surface area contributed by atoms with Gasteiger partial charge in [-0.1, -0.05) is 50.5 Å². The van der Waals surface area contributed by atoms with Crippen molar-refractivity contribution in [3.8, 4) is 11.8 Å². The molecule has 0 heterocycles. The van der Waals surface area contributed by atoms with Crippen LogP contribution in [0.3, 0.4) is 0 Å². The highest BCUT2D eigenvalue weighted by molar-refractivity contribution is 6.10. The third-order valence-corrected chi connectivity index (χ3v) is 4.68. The smallest absolute Gasteiger partial charge is 0.266 e. The molecule has 2 aromatic rings. The molecule has 28 heavy (non-hydrogen) atoms. The average Bonchev–Trinajstić information content (AvgIpc) is 2.70. The van der Waals surface area contributed by atoms with Crippen molar-refractivity contribution in [3.05, 3.63) is 64.7 Å². The van der Waals surface area contributed by atoms with Crippen LogP contribution >= 0.6 is 0 Å². The standard InChI is InChI=1S/C24H28N2O2/c1-4-5-6-7-15-28-22-13-11-20(12-14-22)16-21(17-25)24(27)26-23-10-8-9-18(2)19(23)3/h8-14,16H,4-7,15H2,1-3H3,(H,26,27)/b21-16-. The van der Waals surface area contributed by atoms with Crippen LogP contribution in [0.1, 0.15) is 49.3 Å². The fourth-order valence-electron chi connectivity index (χ4n) is 2.77. The molecule has 1 amide bonds. The van der Waals surface area contributed by atoms with Crippen LogP contribution in [0.15, 0.2) is 48.0 Å². The van der Waals surface area contributed by atoms with Crippen molar-refractivity contribution >= 4 is 17.7 Å². The maximum absolute atomic E-state index is 12.5. The van der Waals surface area contributed by atoms with Gasteiger partial charge < -0.3 is 10.1 Å². The molecule has 0 atom stereocenters. The van der Waals surface area contributed by atoms with Gasteiger partial charge in [0.15, 0.2) is 0 Å². The van der Waals surface area contributed by atoms with Crippen LogP contribution in [-0.4, -0.2) is 12.5 Å². The van der Waals surface area contributed by atoms with Crippen LogP contribution in [-0.2, 0) is 4.79 Å². The first-order valence-corrected chi connectivity index (χ1v) is 9.77. The molecular formula is C24H28N2O2. The molecule has 0 aromatic heterocycles. The summed E-state index contributed by atoms with van der Waals surface area (Å²) in [6, 6.07) is 15.1. The molecule has 2 aromatic carbocycles. The second kappa shape index (κ2) is 10.9. The summed E-state index contributed by atoms with van der Waals surface area (Å²) in [5, 5.41) is 12.2. The minimum absolute atomic E-state index is 0.0640. The first-order chi connectivity index (χ1) is 13.5. The maximum Gasteiger partial charge on any atom is 0.266 e. The molecule has 0 aliphatic rings. The lowest BCUT2D eigenvalue weighted by Gasteiger charge is -2.10. The Morgan fingerprint density at radius 3 is 2.54 bits per heavy atom. The van der Waals surface area contributed by atoms with Gasteiger partial charge in [0, 0.05) is 5.69 Å². The second-order valence-electron chi connectivity index (χ2n) is 6.85. The van der Waals surface area contributed by atoms with Gasteiger partial charge in [-0.2, -0.15) is 5.26 Å². The van der Waals surface area contributed by atoms with E-state index in [4.69, 9.17) is 4.74 Å². The van der Waals surface area contributed by atoms with E-state index in [1.807, 2.05) is 62.4 Å². The molecular weight excluding hydrogens is 348 g/mol. The van der Waals surface area contributed by atoms with E-state index in [0.717, 1.165) is 34.5 Å². The monoisotopic (exact) mass is 376 g/mol. The van der Waals surface area contributed by atoms with Crippen molar-refractivity contribution in [2.75, 3.05) is 11.9 Å². The largest absolute Gasteiger partial charge is 0.494 e. The maximum atomic E-state index is 12.5. The number of hydrogen-bond donors (Lipinski definition) is 1. The average molecular weight is 377 g/mol. The number of hydrogen-bond acceptors (Lipinski definition) is 3. The first kappa shape index (κ1) is 21.2. The predicted molar refractivity (Wildman–Crippen MR) is 114 cm³/mol. The number of aryl methyl sites for hydroxylation is 1. The zero-order valence-electron chi connectivity index (χ0n) is 16.9. The Morgan fingerprint density at radius 2 is 1.86 bits per heavy atom. The lowest BCUT2D eigenvalue weighted by atomic mass is 10.1. The van der Waals surface area contributed by atoms with E-state index in [9.17, 15) is 10.1 Å². The zero-order chi connectivity index (χ0) is 20.4. The van der Waals surface area contributed by atoms with Gasteiger partial charge in [0.25, 0.3) is 5.91 Å². The normalized spacial score (nSPS) is 11.0. The number of unbranched alkanes of at least 4 members (excludes halogenated alkanes) is 3. The first-order valence-electron chi connectivity index (χ1n) is 9.77. The van der Waals surface area contributed by atoms with Gasteiger partial charge >= 0.3 is 0 Å². The number of rotatable bonds is 9. The highest BCUT2D eigenvalue weighted by atomic mass is 16.5. The lowest BCUT2D eigenvalue weighted by molar-refractivity contribution is -0.112. The van der Waals surface area contributed by atoms with E-state index in [1.54, 1.807) is 6.08 Å². The van der Waals surface area contributed by atoms with Crippen LogP contribution in [0.2, 0.25) is 0 Å². The number of carbonyl (C=O) groups excluding carboxylic acids is 1. The lowest BCUT2D eigenvalue weighted by Crippen LogP contribution is -2.14. The minimum Gasteiger partial charge on any atom is -0.494 e. The van der Waals surface area contributed by atoms with Gasteiger partial charge in [-0.3, -0.25) is 4.79 Å². The summed E-state index contributed by atoms with van der Waals surface area (Å²) in [7, 11) is 0. The number of benzene rings is 2. The Balaban J connectivity index is 2.00. The van der Waals surface area contributed by atoms with Crippen molar-refractivity contribution in [2.24, 2.45) is 0 Å². The number of carbonyl (C=O) groups is 1. The molecule has 4 nitrogen and oxygen atoms in total. The number of amides is 1. The summed E-state index contributed by atoms with van der Waals surface area (Å²) >= 11 is 0. The molecule has 0 unspecified atom stereocenters. The summed E-state index contributed by atoms with van der Waals surface area (Å²) in [6.07, 6.45) is 6.25. The Kier molecular flexibility index (Phi) is 8.30. The van der Waals surface area contributed by atoms with Gasteiger partial charge in [-0.05, 0) is 61.2 Å². The molecule has 0 radical (unpaired) electrons. The van der Waals surface area contributed by atoms with Gasteiger partial charge in [0.05, 0.1) is 6.61 Å². The van der Waals surface area contributed by atoms with Gasteiger partial charge in [-0.25, -0.2) is 0 Å². The molecule has 0 bridgehead atoms. The highest BCUT2D eigenvalue weighted by Gasteiger charge is 2.11. The van der Waals surface area contributed by atoms with Crippen molar-refractivity contribution in [1.29, 1.82) is 5.26 Å². The number of nitriles is 1. The van der Waals surface area contributed by atoms with E-state index in [-0.39, 0.29) is 5.57 Å². The molecule has 0 aliphatic carbocycles. The van der Waals surface area contributed by atoms with E-state index in [0.29, 0.717) is 6.61 Å². The number of nitrogens with zero attached hydrogens (tertiary/aromatic N) is 1. The minimum atomic E-state index is -0.410. The van der Waals surface area contributed by atoms with Crippen LogP contribution < -0.4 is 10.1 Å². The fourth-order valence-corrected chi connectivity index (χ4v) is 2.77. The SMILES string of the molecule is CCCCCCOc1ccc(/C=C(/C#N)C(=O)Nc2cccc(C)c2C)cc1. The summed E-state index contributed by atoms with van der Waals surface area (Å²) in [5.74, 6) is 0.388. The Morgan fingerprint density at radius 1 is 1.11 bits per heavy atom. The molecule has 0 saturated carbocycles. The van der Waals surface area contributed by atoms with E-state index in [2.05, 4.69) is 12.2 Å². The summed E-state index contributed by atoms with van der Waals surface area (Å²) < 4.78 is 5.72. The Bertz CT molecular complexity index is 861. The summed E-state index contributed by atoms with van der Waals surface area (Å²) in [4.78, 5) is 12.5. The number of anilines is 1. The van der Waals surface area contributed by atoms with Gasteiger partial charge in [0.2, 0.25) is 0 Å². The molecule has 0 fully saturated rings. The van der Waals surface area contributed by atoms with Crippen molar-refractivity contribution in [1.82, 2.24) is 0 Å². The number of ether oxygens (including phenoxy) is 1. The highest BCUT2D eigenvalue weighted by Crippen LogP contribution is 2.20.